The molecule has 0 saturated carbocycles. The number of likely N-dealkylation sites (tertiary alicyclic amines) is 1. The number of benzene rings is 1. The fourth-order valence-corrected chi connectivity index (χ4v) is 3.64. The lowest BCUT2D eigenvalue weighted by Gasteiger charge is -2.39. The maximum atomic E-state index is 3.71. The molecule has 2 fully saturated rings. The number of aryl methyl sites for hydroxylation is 1. The van der Waals surface area contributed by atoms with Crippen molar-refractivity contribution in [3.63, 3.8) is 0 Å². The van der Waals surface area contributed by atoms with Crippen molar-refractivity contribution in [3.8, 4) is 0 Å². The van der Waals surface area contributed by atoms with Gasteiger partial charge in [-0.3, -0.25) is 4.90 Å². The number of hydrogen-bond acceptors (Lipinski definition) is 2. The molecule has 2 aliphatic rings. The second-order valence-electron chi connectivity index (χ2n) is 6.22. The van der Waals surface area contributed by atoms with Crippen LogP contribution in [0.25, 0.3) is 0 Å². The van der Waals surface area contributed by atoms with E-state index in [0.717, 1.165) is 18.6 Å². The Labute approximate surface area is 117 Å². The summed E-state index contributed by atoms with van der Waals surface area (Å²) in [7, 11) is 0. The van der Waals surface area contributed by atoms with Crippen LogP contribution < -0.4 is 5.32 Å². The van der Waals surface area contributed by atoms with Crippen molar-refractivity contribution in [3.05, 3.63) is 35.4 Å². The molecular weight excluding hydrogens is 232 g/mol. The van der Waals surface area contributed by atoms with Crippen molar-refractivity contribution in [2.45, 2.75) is 57.7 Å². The summed E-state index contributed by atoms with van der Waals surface area (Å²) in [5.74, 6) is 0. The molecule has 19 heavy (non-hydrogen) atoms. The Morgan fingerprint density at radius 3 is 2.68 bits per heavy atom. The van der Waals surface area contributed by atoms with Crippen molar-refractivity contribution in [1.82, 2.24) is 10.2 Å². The highest BCUT2D eigenvalue weighted by atomic mass is 15.2. The van der Waals surface area contributed by atoms with Gasteiger partial charge in [-0.15, -0.1) is 0 Å². The summed E-state index contributed by atoms with van der Waals surface area (Å²) in [6, 6.07) is 10.6. The molecule has 1 aromatic rings. The predicted octanol–water partition coefficient (Wildman–Crippen LogP) is 3.10. The second-order valence-corrected chi connectivity index (χ2v) is 6.22. The topological polar surface area (TPSA) is 15.3 Å². The molecule has 0 bridgehead atoms. The minimum absolute atomic E-state index is 0.741. The zero-order valence-electron chi connectivity index (χ0n) is 12.1. The van der Waals surface area contributed by atoms with Gasteiger partial charge in [-0.1, -0.05) is 36.2 Å². The highest BCUT2D eigenvalue weighted by Crippen LogP contribution is 2.25. The molecular formula is C17H26N2. The Bertz CT molecular complexity index is 392. The van der Waals surface area contributed by atoms with Crippen molar-refractivity contribution < 1.29 is 0 Å². The summed E-state index contributed by atoms with van der Waals surface area (Å²) in [5, 5.41) is 3.71. The molecule has 0 radical (unpaired) electrons. The third-order valence-electron chi connectivity index (χ3n) is 4.73. The molecule has 2 atom stereocenters. The van der Waals surface area contributed by atoms with Gasteiger partial charge in [0.25, 0.3) is 0 Å². The lowest BCUT2D eigenvalue weighted by Crippen LogP contribution is -2.49. The van der Waals surface area contributed by atoms with Crippen LogP contribution in [0.4, 0.5) is 0 Å². The van der Waals surface area contributed by atoms with E-state index in [0.29, 0.717) is 0 Å². The minimum Gasteiger partial charge on any atom is -0.312 e. The highest BCUT2D eigenvalue weighted by molar-refractivity contribution is 5.21. The van der Waals surface area contributed by atoms with Crippen LogP contribution in [0.2, 0.25) is 0 Å². The lowest BCUT2D eigenvalue weighted by atomic mass is 9.94. The summed E-state index contributed by atoms with van der Waals surface area (Å²) >= 11 is 0. The molecule has 2 heteroatoms. The molecule has 0 amide bonds. The third-order valence-corrected chi connectivity index (χ3v) is 4.73. The first-order chi connectivity index (χ1) is 9.33. The van der Waals surface area contributed by atoms with Crippen molar-refractivity contribution in [1.29, 1.82) is 0 Å². The summed E-state index contributed by atoms with van der Waals surface area (Å²) < 4.78 is 0. The first-order valence-corrected chi connectivity index (χ1v) is 7.86. The maximum Gasteiger partial charge on any atom is 0.0252 e. The van der Waals surface area contributed by atoms with E-state index in [1.54, 1.807) is 0 Å². The molecule has 1 N–H and O–H groups in total. The van der Waals surface area contributed by atoms with E-state index in [-0.39, 0.29) is 0 Å². The van der Waals surface area contributed by atoms with Crippen LogP contribution in [0.3, 0.4) is 0 Å². The molecule has 2 nitrogen and oxygen atoms in total. The normalized spacial score (nSPS) is 28.7. The van der Waals surface area contributed by atoms with E-state index in [9.17, 15) is 0 Å². The molecule has 104 valence electrons. The summed E-state index contributed by atoms with van der Waals surface area (Å²) in [6.45, 7) is 5.79. The molecule has 3 rings (SSSR count). The van der Waals surface area contributed by atoms with Gasteiger partial charge in [-0.2, -0.15) is 0 Å². The highest BCUT2D eigenvalue weighted by Gasteiger charge is 2.31. The zero-order valence-corrected chi connectivity index (χ0v) is 12.1. The van der Waals surface area contributed by atoms with Gasteiger partial charge in [-0.25, -0.2) is 0 Å². The van der Waals surface area contributed by atoms with E-state index in [4.69, 9.17) is 0 Å². The van der Waals surface area contributed by atoms with Gasteiger partial charge < -0.3 is 5.32 Å². The van der Waals surface area contributed by atoms with Crippen LogP contribution in [-0.2, 0) is 6.54 Å². The maximum absolute atomic E-state index is 3.71. The van der Waals surface area contributed by atoms with Gasteiger partial charge in [0, 0.05) is 18.6 Å². The molecule has 2 saturated heterocycles. The van der Waals surface area contributed by atoms with Crippen LogP contribution in [0.1, 0.15) is 43.2 Å². The number of nitrogens with one attached hydrogen (secondary N) is 1. The van der Waals surface area contributed by atoms with Crippen LogP contribution >= 0.6 is 0 Å². The molecule has 0 aromatic heterocycles. The predicted molar refractivity (Wildman–Crippen MR) is 80.3 cm³/mol. The number of hydrogen-bond donors (Lipinski definition) is 1. The Morgan fingerprint density at radius 1 is 1.11 bits per heavy atom. The zero-order chi connectivity index (χ0) is 13.1. The number of rotatable bonds is 3. The van der Waals surface area contributed by atoms with Crippen LogP contribution in [-0.4, -0.2) is 30.1 Å². The third kappa shape index (κ3) is 3.18. The molecule has 1 aromatic carbocycles. The summed E-state index contributed by atoms with van der Waals surface area (Å²) in [4.78, 5) is 2.72. The standard InChI is InChI=1S/C17H26N2/c1-14-7-9-15(10-8-14)13-19-12-3-2-6-17(19)16-5-4-11-18-16/h7-10,16-18H,2-6,11-13H2,1H3. The SMILES string of the molecule is Cc1ccc(CN2CCCCC2C2CCCN2)cc1. The second kappa shape index (κ2) is 6.06. The summed E-state index contributed by atoms with van der Waals surface area (Å²) in [5.41, 5.74) is 2.83. The smallest absolute Gasteiger partial charge is 0.0252 e. The van der Waals surface area contributed by atoms with Crippen molar-refractivity contribution in [2.24, 2.45) is 0 Å². The quantitative estimate of drug-likeness (QED) is 0.896. The van der Waals surface area contributed by atoms with E-state index in [1.807, 2.05) is 0 Å². The summed E-state index contributed by atoms with van der Waals surface area (Å²) in [6.07, 6.45) is 6.89. The fourth-order valence-electron chi connectivity index (χ4n) is 3.64. The monoisotopic (exact) mass is 258 g/mol. The first kappa shape index (κ1) is 13.1. The van der Waals surface area contributed by atoms with Gasteiger partial charge in [0.2, 0.25) is 0 Å². The molecule has 2 heterocycles. The van der Waals surface area contributed by atoms with E-state index >= 15 is 0 Å². The minimum atomic E-state index is 0.741. The fraction of sp³-hybridized carbons (Fsp3) is 0.647. The van der Waals surface area contributed by atoms with E-state index < -0.39 is 0 Å². The Balaban J connectivity index is 1.67. The van der Waals surface area contributed by atoms with Gasteiger partial charge >= 0.3 is 0 Å². The molecule has 2 unspecified atom stereocenters. The van der Waals surface area contributed by atoms with Gasteiger partial charge in [0.15, 0.2) is 0 Å². The van der Waals surface area contributed by atoms with E-state index in [2.05, 4.69) is 41.4 Å². The Kier molecular flexibility index (Phi) is 4.19. The van der Waals surface area contributed by atoms with Gasteiger partial charge in [-0.05, 0) is 51.3 Å². The molecule has 0 spiro atoms. The molecule has 2 aliphatic heterocycles. The average Bonchev–Trinajstić information content (AvgIpc) is 2.96. The number of nitrogens with zero attached hydrogens (tertiary/aromatic N) is 1. The van der Waals surface area contributed by atoms with Crippen LogP contribution in [0.5, 0.6) is 0 Å². The number of piperidine rings is 1. The van der Waals surface area contributed by atoms with Crippen LogP contribution in [0.15, 0.2) is 24.3 Å². The molecule has 0 aliphatic carbocycles. The largest absolute Gasteiger partial charge is 0.312 e. The Morgan fingerprint density at radius 2 is 1.95 bits per heavy atom. The average molecular weight is 258 g/mol. The van der Waals surface area contributed by atoms with Crippen molar-refractivity contribution >= 4 is 0 Å². The first-order valence-electron chi connectivity index (χ1n) is 7.86. The Hall–Kier alpha value is -0.860. The lowest BCUT2D eigenvalue weighted by molar-refractivity contribution is 0.112. The van der Waals surface area contributed by atoms with Crippen LogP contribution in [0, 0.1) is 6.92 Å². The van der Waals surface area contributed by atoms with Gasteiger partial charge in [0.05, 0.1) is 0 Å². The van der Waals surface area contributed by atoms with Crippen molar-refractivity contribution in [2.75, 3.05) is 13.1 Å². The van der Waals surface area contributed by atoms with Gasteiger partial charge in [0.1, 0.15) is 0 Å². The van der Waals surface area contributed by atoms with E-state index in [1.165, 1.54) is 56.3 Å².